The van der Waals surface area contributed by atoms with Gasteiger partial charge in [0.25, 0.3) is 0 Å². The second-order valence-electron chi connectivity index (χ2n) is 4.52. The number of hydrogen-bond donors (Lipinski definition) is 1. The van der Waals surface area contributed by atoms with Gasteiger partial charge < -0.3 is 10.1 Å². The van der Waals surface area contributed by atoms with E-state index in [-0.39, 0.29) is 5.57 Å². The number of hydrogen-bond acceptors (Lipinski definition) is 3. The molecule has 0 saturated carbocycles. The summed E-state index contributed by atoms with van der Waals surface area (Å²) in [6.45, 7) is 0. The van der Waals surface area contributed by atoms with E-state index in [2.05, 4.69) is 5.32 Å². The average Bonchev–Trinajstić information content (AvgIpc) is 2.56. The SMILES string of the molecule is COc1ccc(/C(C#N)=C/C(=O)Nc2ccc(Cl)c(Cl)c2)cc1. The van der Waals surface area contributed by atoms with Crippen LogP contribution in [0.4, 0.5) is 5.69 Å². The van der Waals surface area contributed by atoms with Crippen LogP contribution >= 0.6 is 23.2 Å². The number of nitrogens with one attached hydrogen (secondary N) is 1. The number of methoxy groups -OCH3 is 1. The molecular weight excluding hydrogens is 335 g/mol. The Labute approximate surface area is 143 Å². The third-order valence-electron chi connectivity index (χ3n) is 2.98. The Morgan fingerprint density at radius 3 is 2.43 bits per heavy atom. The zero-order chi connectivity index (χ0) is 16.8. The number of nitrogens with zero attached hydrogens (tertiary/aromatic N) is 1. The average molecular weight is 347 g/mol. The molecule has 0 radical (unpaired) electrons. The van der Waals surface area contributed by atoms with Crippen LogP contribution in [0.15, 0.2) is 48.5 Å². The van der Waals surface area contributed by atoms with E-state index >= 15 is 0 Å². The van der Waals surface area contributed by atoms with Gasteiger partial charge in [-0.15, -0.1) is 0 Å². The fourth-order valence-corrected chi connectivity index (χ4v) is 2.13. The van der Waals surface area contributed by atoms with Crippen molar-refractivity contribution in [3.05, 3.63) is 64.1 Å². The van der Waals surface area contributed by atoms with Gasteiger partial charge in [-0.25, -0.2) is 0 Å². The van der Waals surface area contributed by atoms with Crippen LogP contribution in [-0.4, -0.2) is 13.0 Å². The summed E-state index contributed by atoms with van der Waals surface area (Å²) >= 11 is 11.7. The molecule has 0 bridgehead atoms. The summed E-state index contributed by atoms with van der Waals surface area (Å²) in [7, 11) is 1.56. The molecule has 0 aliphatic rings. The molecule has 0 fully saturated rings. The first-order valence-corrected chi connectivity index (χ1v) is 7.31. The number of amides is 1. The largest absolute Gasteiger partial charge is 0.497 e. The summed E-state index contributed by atoms with van der Waals surface area (Å²) in [5.74, 6) is 0.238. The molecule has 0 unspecified atom stereocenters. The van der Waals surface area contributed by atoms with E-state index in [1.165, 1.54) is 12.1 Å². The number of allylic oxidation sites excluding steroid dienone is 1. The molecule has 0 heterocycles. The van der Waals surface area contributed by atoms with E-state index in [1.54, 1.807) is 43.5 Å². The summed E-state index contributed by atoms with van der Waals surface area (Å²) in [5, 5.41) is 12.6. The second kappa shape index (κ2) is 7.68. The van der Waals surface area contributed by atoms with Crippen molar-refractivity contribution in [3.8, 4) is 11.8 Å². The van der Waals surface area contributed by atoms with E-state index in [4.69, 9.17) is 27.9 Å². The van der Waals surface area contributed by atoms with E-state index in [0.29, 0.717) is 27.0 Å². The first-order valence-electron chi connectivity index (χ1n) is 6.55. The van der Waals surface area contributed by atoms with Gasteiger partial charge in [-0.3, -0.25) is 4.79 Å². The Bertz CT molecular complexity index is 793. The number of ether oxygens (including phenoxy) is 1. The van der Waals surface area contributed by atoms with Gasteiger partial charge in [0.1, 0.15) is 5.75 Å². The van der Waals surface area contributed by atoms with E-state index in [1.807, 2.05) is 6.07 Å². The third-order valence-corrected chi connectivity index (χ3v) is 3.72. The molecule has 2 aromatic carbocycles. The molecule has 1 N–H and O–H groups in total. The van der Waals surface area contributed by atoms with Gasteiger partial charge in [0, 0.05) is 11.8 Å². The topological polar surface area (TPSA) is 62.1 Å². The molecule has 2 rings (SSSR count). The van der Waals surface area contributed by atoms with Crippen LogP contribution in [-0.2, 0) is 4.79 Å². The Balaban J connectivity index is 2.18. The van der Waals surface area contributed by atoms with E-state index in [0.717, 1.165) is 0 Å². The fraction of sp³-hybridized carbons (Fsp3) is 0.0588. The Hall–Kier alpha value is -2.48. The van der Waals surface area contributed by atoms with Gasteiger partial charge in [-0.2, -0.15) is 5.26 Å². The minimum atomic E-state index is -0.434. The van der Waals surface area contributed by atoms with Gasteiger partial charge in [0.15, 0.2) is 0 Å². The minimum absolute atomic E-state index is 0.241. The maximum absolute atomic E-state index is 12.0. The smallest absolute Gasteiger partial charge is 0.249 e. The van der Waals surface area contributed by atoms with Crippen molar-refractivity contribution in [2.75, 3.05) is 12.4 Å². The highest BCUT2D eigenvalue weighted by atomic mass is 35.5. The van der Waals surface area contributed by atoms with Crippen LogP contribution in [0.25, 0.3) is 5.57 Å². The summed E-state index contributed by atoms with van der Waals surface area (Å²) in [6, 6.07) is 13.6. The highest BCUT2D eigenvalue weighted by Crippen LogP contribution is 2.25. The molecule has 0 aliphatic carbocycles. The lowest BCUT2D eigenvalue weighted by atomic mass is 10.1. The van der Waals surface area contributed by atoms with Crippen molar-refractivity contribution < 1.29 is 9.53 Å². The highest BCUT2D eigenvalue weighted by Gasteiger charge is 2.07. The zero-order valence-electron chi connectivity index (χ0n) is 12.1. The number of carbonyl (C=O) groups excluding carboxylic acids is 1. The third kappa shape index (κ3) is 4.49. The molecule has 0 spiro atoms. The molecule has 116 valence electrons. The summed E-state index contributed by atoms with van der Waals surface area (Å²) in [4.78, 5) is 12.0. The quantitative estimate of drug-likeness (QED) is 0.652. The lowest BCUT2D eigenvalue weighted by Gasteiger charge is -2.05. The van der Waals surface area contributed by atoms with Crippen LogP contribution in [0.3, 0.4) is 0 Å². The monoisotopic (exact) mass is 346 g/mol. The maximum Gasteiger partial charge on any atom is 0.249 e. The number of anilines is 1. The normalized spacial score (nSPS) is 10.8. The van der Waals surface area contributed by atoms with Gasteiger partial charge in [-0.05, 0) is 48.0 Å². The minimum Gasteiger partial charge on any atom is -0.497 e. The number of benzene rings is 2. The van der Waals surface area contributed by atoms with Crippen molar-refractivity contribution in [2.24, 2.45) is 0 Å². The van der Waals surface area contributed by atoms with Crippen LogP contribution in [0, 0.1) is 11.3 Å². The molecular formula is C17H12Cl2N2O2. The van der Waals surface area contributed by atoms with Crippen LogP contribution < -0.4 is 10.1 Å². The van der Waals surface area contributed by atoms with Crippen LogP contribution in [0.5, 0.6) is 5.75 Å². The Kier molecular flexibility index (Phi) is 5.64. The van der Waals surface area contributed by atoms with Gasteiger partial charge in [0.2, 0.25) is 5.91 Å². The Morgan fingerprint density at radius 1 is 1.17 bits per heavy atom. The maximum atomic E-state index is 12.0. The number of rotatable bonds is 4. The number of carbonyl (C=O) groups is 1. The van der Waals surface area contributed by atoms with E-state index in [9.17, 15) is 10.1 Å². The Morgan fingerprint density at radius 2 is 1.87 bits per heavy atom. The molecule has 1 amide bonds. The molecule has 23 heavy (non-hydrogen) atoms. The van der Waals surface area contributed by atoms with Crippen molar-refractivity contribution >= 4 is 40.4 Å². The molecule has 0 aromatic heterocycles. The predicted octanol–water partition coefficient (Wildman–Crippen LogP) is 4.55. The van der Waals surface area contributed by atoms with Gasteiger partial charge in [-0.1, -0.05) is 23.2 Å². The first-order chi connectivity index (χ1) is 11.0. The lowest BCUT2D eigenvalue weighted by Crippen LogP contribution is -2.08. The second-order valence-corrected chi connectivity index (χ2v) is 5.33. The predicted molar refractivity (Wildman–Crippen MR) is 91.7 cm³/mol. The molecule has 6 heteroatoms. The van der Waals surface area contributed by atoms with Crippen LogP contribution in [0.2, 0.25) is 10.0 Å². The van der Waals surface area contributed by atoms with Crippen molar-refractivity contribution in [1.82, 2.24) is 0 Å². The lowest BCUT2D eigenvalue weighted by molar-refractivity contribution is -0.111. The summed E-state index contributed by atoms with van der Waals surface area (Å²) in [5.41, 5.74) is 1.36. The number of nitriles is 1. The fourth-order valence-electron chi connectivity index (χ4n) is 1.83. The molecule has 2 aromatic rings. The molecule has 0 aliphatic heterocycles. The van der Waals surface area contributed by atoms with Crippen molar-refractivity contribution in [3.63, 3.8) is 0 Å². The van der Waals surface area contributed by atoms with Gasteiger partial charge in [0.05, 0.1) is 28.8 Å². The standard InChI is InChI=1S/C17H12Cl2N2O2/c1-23-14-5-2-11(3-6-14)12(10-20)8-17(22)21-13-4-7-15(18)16(19)9-13/h2-9H,1H3,(H,21,22)/b12-8+. The molecule has 0 saturated heterocycles. The van der Waals surface area contributed by atoms with E-state index < -0.39 is 5.91 Å². The number of halogens is 2. The van der Waals surface area contributed by atoms with Crippen molar-refractivity contribution in [1.29, 1.82) is 5.26 Å². The van der Waals surface area contributed by atoms with Crippen LogP contribution in [0.1, 0.15) is 5.56 Å². The zero-order valence-corrected chi connectivity index (χ0v) is 13.7. The summed E-state index contributed by atoms with van der Waals surface area (Å²) < 4.78 is 5.06. The molecule has 4 nitrogen and oxygen atoms in total. The summed E-state index contributed by atoms with van der Waals surface area (Å²) in [6.07, 6.45) is 1.23. The van der Waals surface area contributed by atoms with Gasteiger partial charge >= 0.3 is 0 Å². The molecule has 0 atom stereocenters. The van der Waals surface area contributed by atoms with Crippen molar-refractivity contribution in [2.45, 2.75) is 0 Å². The first kappa shape index (κ1) is 16.9. The highest BCUT2D eigenvalue weighted by molar-refractivity contribution is 6.42.